The molecule has 1 fully saturated rings. The molecule has 2 heterocycles. The molecule has 0 aromatic carbocycles. The van der Waals surface area contributed by atoms with Crippen molar-refractivity contribution in [3.63, 3.8) is 0 Å². The molecule has 0 radical (unpaired) electrons. The summed E-state index contributed by atoms with van der Waals surface area (Å²) in [5.74, 6) is 1.01. The second kappa shape index (κ2) is 4.55. The Bertz CT molecular complexity index is 435. The molecule has 1 saturated heterocycles. The van der Waals surface area contributed by atoms with Crippen LogP contribution in [0.5, 0.6) is 0 Å². The van der Waals surface area contributed by atoms with Gasteiger partial charge in [-0.25, -0.2) is 4.98 Å². The Morgan fingerprint density at radius 1 is 1.39 bits per heavy atom. The summed E-state index contributed by atoms with van der Waals surface area (Å²) in [6.45, 7) is 7.86. The Morgan fingerprint density at radius 3 is 2.61 bits per heavy atom. The van der Waals surface area contributed by atoms with Crippen molar-refractivity contribution < 1.29 is 4.79 Å². The summed E-state index contributed by atoms with van der Waals surface area (Å²) in [6.07, 6.45) is 3.79. The van der Waals surface area contributed by atoms with Crippen LogP contribution in [0.25, 0.3) is 0 Å². The van der Waals surface area contributed by atoms with Gasteiger partial charge in [0.1, 0.15) is 5.82 Å². The molecule has 2 N–H and O–H groups in total. The van der Waals surface area contributed by atoms with Crippen LogP contribution in [0.4, 0.5) is 5.82 Å². The second-order valence-corrected chi connectivity index (χ2v) is 5.97. The van der Waals surface area contributed by atoms with Gasteiger partial charge in [0.15, 0.2) is 0 Å². The number of hydrogen-bond acceptors (Lipinski definition) is 4. The first-order valence-corrected chi connectivity index (χ1v) is 6.20. The Balaban J connectivity index is 2.03. The Kier molecular flexibility index (Phi) is 3.24. The average Bonchev–Trinajstić information content (AvgIpc) is 2.63. The Labute approximate surface area is 107 Å². The smallest absolute Gasteiger partial charge is 0.223 e. The molecular formula is C13H20N4O. The number of amides is 1. The zero-order chi connectivity index (χ0) is 13.3. The monoisotopic (exact) mass is 248 g/mol. The van der Waals surface area contributed by atoms with E-state index in [2.05, 4.69) is 30.7 Å². The van der Waals surface area contributed by atoms with Crippen molar-refractivity contribution in [3.8, 4) is 0 Å². The minimum atomic E-state index is 0.164. The van der Waals surface area contributed by atoms with Crippen molar-refractivity contribution in [2.24, 2.45) is 11.3 Å². The minimum Gasteiger partial charge on any atom is -0.382 e. The van der Waals surface area contributed by atoms with E-state index in [-0.39, 0.29) is 11.3 Å². The second-order valence-electron chi connectivity index (χ2n) is 5.97. The largest absolute Gasteiger partial charge is 0.382 e. The van der Waals surface area contributed by atoms with E-state index in [4.69, 9.17) is 5.73 Å². The lowest BCUT2D eigenvalue weighted by Crippen LogP contribution is -2.27. The van der Waals surface area contributed by atoms with Crippen LogP contribution >= 0.6 is 0 Å². The normalized spacial score (nSPS) is 20.5. The molecule has 1 unspecified atom stereocenters. The van der Waals surface area contributed by atoms with Crippen molar-refractivity contribution >= 4 is 11.7 Å². The van der Waals surface area contributed by atoms with Gasteiger partial charge in [-0.3, -0.25) is 9.78 Å². The molecule has 0 saturated carbocycles. The lowest BCUT2D eigenvalue weighted by molar-refractivity contribution is -0.128. The summed E-state index contributed by atoms with van der Waals surface area (Å²) in [5.41, 5.74) is 6.44. The van der Waals surface area contributed by atoms with Gasteiger partial charge in [0.2, 0.25) is 5.91 Å². The van der Waals surface area contributed by atoms with Gasteiger partial charge in [0.05, 0.1) is 24.6 Å². The fourth-order valence-electron chi connectivity index (χ4n) is 2.15. The van der Waals surface area contributed by atoms with Crippen molar-refractivity contribution in [3.05, 3.63) is 18.1 Å². The summed E-state index contributed by atoms with van der Waals surface area (Å²) in [6, 6.07) is 0. The van der Waals surface area contributed by atoms with E-state index in [1.165, 1.54) is 6.20 Å². The van der Waals surface area contributed by atoms with E-state index in [1.54, 1.807) is 6.20 Å². The van der Waals surface area contributed by atoms with Gasteiger partial charge in [-0.05, 0) is 11.3 Å². The highest BCUT2D eigenvalue weighted by Gasteiger charge is 2.36. The molecule has 18 heavy (non-hydrogen) atoms. The number of rotatable bonds is 2. The number of carbonyl (C=O) groups excluding carboxylic acids is 1. The average molecular weight is 248 g/mol. The third-order valence-corrected chi connectivity index (χ3v) is 3.52. The maximum Gasteiger partial charge on any atom is 0.223 e. The minimum absolute atomic E-state index is 0.164. The van der Waals surface area contributed by atoms with Gasteiger partial charge in [-0.1, -0.05) is 20.8 Å². The first-order valence-electron chi connectivity index (χ1n) is 6.20. The number of anilines is 1. The number of nitrogen functional groups attached to an aromatic ring is 1. The maximum atomic E-state index is 12.0. The molecule has 0 aliphatic carbocycles. The Hall–Kier alpha value is -1.65. The van der Waals surface area contributed by atoms with Crippen molar-refractivity contribution in [2.75, 3.05) is 12.3 Å². The third-order valence-electron chi connectivity index (χ3n) is 3.52. The summed E-state index contributed by atoms with van der Waals surface area (Å²) < 4.78 is 0. The molecule has 1 amide bonds. The molecule has 1 aliphatic rings. The van der Waals surface area contributed by atoms with Gasteiger partial charge in [-0.15, -0.1) is 0 Å². The van der Waals surface area contributed by atoms with E-state index in [1.807, 2.05) is 4.90 Å². The quantitative estimate of drug-likeness (QED) is 0.860. The highest BCUT2D eigenvalue weighted by Crippen LogP contribution is 2.34. The molecular weight excluding hydrogens is 228 g/mol. The molecule has 1 aromatic heterocycles. The molecule has 5 heteroatoms. The summed E-state index contributed by atoms with van der Waals surface area (Å²) >= 11 is 0. The molecule has 1 aliphatic heterocycles. The molecule has 0 spiro atoms. The van der Waals surface area contributed by atoms with Gasteiger partial charge >= 0.3 is 0 Å². The van der Waals surface area contributed by atoms with Crippen molar-refractivity contribution in [1.82, 2.24) is 14.9 Å². The van der Waals surface area contributed by atoms with Crippen LogP contribution < -0.4 is 5.73 Å². The highest BCUT2D eigenvalue weighted by molar-refractivity contribution is 5.78. The third kappa shape index (κ3) is 2.78. The number of carbonyl (C=O) groups is 1. The van der Waals surface area contributed by atoms with Gasteiger partial charge in [-0.2, -0.15) is 0 Å². The van der Waals surface area contributed by atoms with Crippen LogP contribution in [-0.2, 0) is 11.3 Å². The van der Waals surface area contributed by atoms with E-state index in [0.717, 1.165) is 12.2 Å². The molecule has 5 nitrogen and oxygen atoms in total. The zero-order valence-electron chi connectivity index (χ0n) is 11.2. The topological polar surface area (TPSA) is 72.1 Å². The summed E-state index contributed by atoms with van der Waals surface area (Å²) in [5, 5.41) is 0. The van der Waals surface area contributed by atoms with E-state index < -0.39 is 0 Å². The fourth-order valence-corrected chi connectivity index (χ4v) is 2.15. The molecule has 98 valence electrons. The molecule has 1 atom stereocenters. The highest BCUT2D eigenvalue weighted by atomic mass is 16.2. The predicted molar refractivity (Wildman–Crippen MR) is 69.4 cm³/mol. The van der Waals surface area contributed by atoms with E-state index in [0.29, 0.717) is 24.7 Å². The summed E-state index contributed by atoms with van der Waals surface area (Å²) in [7, 11) is 0. The fraction of sp³-hybridized carbons (Fsp3) is 0.615. The van der Waals surface area contributed by atoms with E-state index in [9.17, 15) is 4.79 Å². The Morgan fingerprint density at radius 2 is 2.11 bits per heavy atom. The lowest BCUT2D eigenvalue weighted by Gasteiger charge is -2.26. The number of aromatic nitrogens is 2. The van der Waals surface area contributed by atoms with Crippen LogP contribution in [-0.4, -0.2) is 27.3 Å². The first-order chi connectivity index (χ1) is 8.36. The van der Waals surface area contributed by atoms with Gasteiger partial charge in [0.25, 0.3) is 0 Å². The SMILES string of the molecule is CC(C)(C)C1CC(=O)N(Cc2cnc(N)cn2)C1. The molecule has 0 bridgehead atoms. The molecule has 2 rings (SSSR count). The first kappa shape index (κ1) is 12.8. The maximum absolute atomic E-state index is 12.0. The number of nitrogens with zero attached hydrogens (tertiary/aromatic N) is 3. The van der Waals surface area contributed by atoms with Crippen LogP contribution in [0, 0.1) is 11.3 Å². The number of nitrogens with two attached hydrogens (primary N) is 1. The van der Waals surface area contributed by atoms with Gasteiger partial charge in [0, 0.05) is 13.0 Å². The van der Waals surface area contributed by atoms with Crippen LogP contribution in [0.3, 0.4) is 0 Å². The lowest BCUT2D eigenvalue weighted by atomic mass is 9.80. The zero-order valence-corrected chi connectivity index (χ0v) is 11.2. The summed E-state index contributed by atoms with van der Waals surface area (Å²) in [4.78, 5) is 22.0. The predicted octanol–water partition coefficient (Wildman–Crippen LogP) is 1.45. The van der Waals surface area contributed by atoms with Crippen molar-refractivity contribution in [2.45, 2.75) is 33.7 Å². The number of hydrogen-bond donors (Lipinski definition) is 1. The van der Waals surface area contributed by atoms with Crippen LogP contribution in [0.15, 0.2) is 12.4 Å². The molecule has 1 aromatic rings. The van der Waals surface area contributed by atoms with Crippen molar-refractivity contribution in [1.29, 1.82) is 0 Å². The van der Waals surface area contributed by atoms with Crippen LogP contribution in [0.1, 0.15) is 32.9 Å². The van der Waals surface area contributed by atoms with Crippen LogP contribution in [0.2, 0.25) is 0 Å². The van der Waals surface area contributed by atoms with Gasteiger partial charge < -0.3 is 10.6 Å². The number of likely N-dealkylation sites (tertiary alicyclic amines) is 1. The standard InChI is InChI=1S/C13H20N4O/c1-13(2,3)9-4-12(18)17(7-9)8-10-5-16-11(14)6-15-10/h5-6,9H,4,7-8H2,1-3H3,(H2,14,16). The van der Waals surface area contributed by atoms with E-state index >= 15 is 0 Å².